The number of amides is 2. The van der Waals surface area contributed by atoms with Crippen LogP contribution in [0.3, 0.4) is 0 Å². The normalized spacial score (nSPS) is 23.8. The zero-order chi connectivity index (χ0) is 25.4. The molecule has 35 heavy (non-hydrogen) atoms. The molecule has 1 aromatic rings. The largest absolute Gasteiger partial charge is 0.444 e. The average Bonchev–Trinajstić information content (AvgIpc) is 2.73. The number of hydrogen-bond acceptors (Lipinski definition) is 4. The fourth-order valence-corrected chi connectivity index (χ4v) is 5.43. The van der Waals surface area contributed by atoms with Crippen molar-refractivity contribution in [3.63, 3.8) is 0 Å². The molecule has 0 radical (unpaired) electrons. The molecule has 0 saturated carbocycles. The average molecular weight is 484 g/mol. The van der Waals surface area contributed by atoms with Crippen LogP contribution in [0.5, 0.6) is 0 Å². The summed E-state index contributed by atoms with van der Waals surface area (Å²) in [6.45, 7) is 10.8. The number of alkyl carbamates (subject to hydrolysis) is 1. The fourth-order valence-electron chi connectivity index (χ4n) is 5.43. The molecule has 194 valence electrons. The first kappa shape index (κ1) is 27.3. The van der Waals surface area contributed by atoms with Crippen LogP contribution >= 0.6 is 0 Å². The number of piperidine rings is 2. The van der Waals surface area contributed by atoms with Gasteiger partial charge in [0.2, 0.25) is 5.91 Å². The van der Waals surface area contributed by atoms with Crippen LogP contribution in [-0.2, 0) is 16.1 Å². The lowest BCUT2D eigenvalue weighted by Gasteiger charge is -2.49. The number of hydrogen-bond donors (Lipinski definition) is 2. The van der Waals surface area contributed by atoms with Crippen LogP contribution in [0.4, 0.5) is 4.79 Å². The molecule has 0 aromatic heterocycles. The van der Waals surface area contributed by atoms with Gasteiger partial charge in [0.05, 0.1) is 6.04 Å². The Morgan fingerprint density at radius 1 is 1.11 bits per heavy atom. The molecule has 6 nitrogen and oxygen atoms in total. The van der Waals surface area contributed by atoms with Crippen LogP contribution in [0.1, 0.15) is 85.1 Å². The highest BCUT2D eigenvalue weighted by Gasteiger charge is 2.38. The maximum Gasteiger partial charge on any atom is 0.408 e. The number of carbonyl (C=O) groups is 2. The van der Waals surface area contributed by atoms with Crippen molar-refractivity contribution in [3.8, 4) is 0 Å². The quantitative estimate of drug-likeness (QED) is 0.450. The van der Waals surface area contributed by atoms with Gasteiger partial charge in [-0.25, -0.2) is 4.79 Å². The second-order valence-corrected chi connectivity index (χ2v) is 11.6. The number of carbonyl (C=O) groups excluding carboxylic acids is 2. The molecular weight excluding hydrogens is 438 g/mol. The van der Waals surface area contributed by atoms with E-state index in [1.165, 1.54) is 24.8 Å². The molecule has 2 unspecified atom stereocenters. The molecule has 2 saturated heterocycles. The number of fused-ring (bicyclic) bond motifs is 2. The molecule has 0 aliphatic carbocycles. The van der Waals surface area contributed by atoms with E-state index in [2.05, 4.69) is 59.7 Å². The smallest absolute Gasteiger partial charge is 0.408 e. The van der Waals surface area contributed by atoms with Gasteiger partial charge >= 0.3 is 6.09 Å². The van der Waals surface area contributed by atoms with E-state index in [4.69, 9.17) is 4.74 Å². The molecule has 6 heteroatoms. The van der Waals surface area contributed by atoms with Gasteiger partial charge in [-0.05, 0) is 64.4 Å². The monoisotopic (exact) mass is 483 g/mol. The van der Waals surface area contributed by atoms with Crippen molar-refractivity contribution in [2.45, 2.75) is 116 Å². The first-order valence-corrected chi connectivity index (χ1v) is 13.3. The molecule has 1 aromatic carbocycles. The van der Waals surface area contributed by atoms with Crippen molar-refractivity contribution in [1.29, 1.82) is 0 Å². The molecule has 2 bridgehead atoms. The van der Waals surface area contributed by atoms with Gasteiger partial charge in [0.1, 0.15) is 5.60 Å². The summed E-state index contributed by atoms with van der Waals surface area (Å²) in [5, 5.41) is 6.22. The van der Waals surface area contributed by atoms with Crippen molar-refractivity contribution < 1.29 is 14.3 Å². The van der Waals surface area contributed by atoms with Crippen molar-refractivity contribution in [3.05, 3.63) is 48.0 Å². The third-order valence-corrected chi connectivity index (χ3v) is 6.80. The Morgan fingerprint density at radius 3 is 2.37 bits per heavy atom. The molecular formula is C29H45N3O3. The van der Waals surface area contributed by atoms with Crippen LogP contribution < -0.4 is 10.6 Å². The maximum absolute atomic E-state index is 12.7. The fraction of sp³-hybridized carbons (Fsp3) is 0.655. The van der Waals surface area contributed by atoms with Crippen molar-refractivity contribution in [2.75, 3.05) is 0 Å². The number of nitrogens with one attached hydrogen (secondary N) is 2. The van der Waals surface area contributed by atoms with E-state index in [1.807, 2.05) is 32.9 Å². The Labute approximate surface area is 211 Å². The number of rotatable bonds is 9. The zero-order valence-electron chi connectivity index (χ0n) is 22.3. The second-order valence-electron chi connectivity index (χ2n) is 11.6. The first-order chi connectivity index (χ1) is 16.6. The summed E-state index contributed by atoms with van der Waals surface area (Å²) in [7, 11) is 0. The van der Waals surface area contributed by atoms with Gasteiger partial charge in [0.15, 0.2) is 0 Å². The minimum absolute atomic E-state index is 0.0568. The predicted octanol–water partition coefficient (Wildman–Crippen LogP) is 5.57. The SMILES string of the molecule is CC(C)C[C@@H](/C=C/CC(=O)NC1CC2CCCC(C1)N2Cc1ccccc1)NC(=O)OC(C)(C)C. The van der Waals surface area contributed by atoms with Gasteiger partial charge in [0, 0.05) is 31.1 Å². The molecule has 2 amide bonds. The van der Waals surface area contributed by atoms with Gasteiger partial charge in [0.25, 0.3) is 0 Å². The topological polar surface area (TPSA) is 70.7 Å². The van der Waals surface area contributed by atoms with E-state index in [1.54, 1.807) is 0 Å². The van der Waals surface area contributed by atoms with Gasteiger partial charge in [-0.15, -0.1) is 0 Å². The Bertz CT molecular complexity index is 832. The molecule has 3 rings (SSSR count). The Balaban J connectivity index is 1.49. The van der Waals surface area contributed by atoms with Crippen molar-refractivity contribution >= 4 is 12.0 Å². The van der Waals surface area contributed by atoms with E-state index in [-0.39, 0.29) is 18.0 Å². The van der Waals surface area contributed by atoms with Crippen LogP contribution in [0, 0.1) is 5.92 Å². The van der Waals surface area contributed by atoms with Crippen LogP contribution in [0.25, 0.3) is 0 Å². The third kappa shape index (κ3) is 9.32. The number of nitrogens with zero attached hydrogens (tertiary/aromatic N) is 1. The van der Waals surface area contributed by atoms with E-state index in [9.17, 15) is 9.59 Å². The summed E-state index contributed by atoms with van der Waals surface area (Å²) in [6.07, 6.45) is 10.3. The summed E-state index contributed by atoms with van der Waals surface area (Å²) in [6, 6.07) is 11.9. The van der Waals surface area contributed by atoms with Crippen LogP contribution in [0.2, 0.25) is 0 Å². The summed E-state index contributed by atoms with van der Waals surface area (Å²) in [5.74, 6) is 0.468. The lowest BCUT2D eigenvalue weighted by atomic mass is 9.81. The summed E-state index contributed by atoms with van der Waals surface area (Å²) >= 11 is 0. The molecule has 2 aliphatic rings. The summed E-state index contributed by atoms with van der Waals surface area (Å²) in [4.78, 5) is 27.6. The Morgan fingerprint density at radius 2 is 1.77 bits per heavy atom. The maximum atomic E-state index is 12.7. The van der Waals surface area contributed by atoms with Crippen LogP contribution in [0.15, 0.2) is 42.5 Å². The van der Waals surface area contributed by atoms with E-state index < -0.39 is 11.7 Å². The van der Waals surface area contributed by atoms with E-state index in [0.717, 1.165) is 25.8 Å². The molecule has 2 heterocycles. The highest BCUT2D eigenvalue weighted by Crippen LogP contribution is 2.35. The molecule has 2 N–H and O–H groups in total. The van der Waals surface area contributed by atoms with Crippen molar-refractivity contribution in [2.24, 2.45) is 5.92 Å². The Hall–Kier alpha value is -2.34. The van der Waals surface area contributed by atoms with Gasteiger partial charge < -0.3 is 15.4 Å². The predicted molar refractivity (Wildman–Crippen MR) is 141 cm³/mol. The highest BCUT2D eigenvalue weighted by atomic mass is 16.6. The minimum Gasteiger partial charge on any atom is -0.444 e. The lowest BCUT2D eigenvalue weighted by molar-refractivity contribution is -0.121. The molecule has 3 atom stereocenters. The number of benzene rings is 1. The molecule has 2 fully saturated rings. The van der Waals surface area contributed by atoms with Gasteiger partial charge in [-0.3, -0.25) is 9.69 Å². The van der Waals surface area contributed by atoms with E-state index >= 15 is 0 Å². The van der Waals surface area contributed by atoms with E-state index in [0.29, 0.717) is 24.4 Å². The second kappa shape index (κ2) is 12.6. The van der Waals surface area contributed by atoms with Crippen molar-refractivity contribution in [1.82, 2.24) is 15.5 Å². The molecule has 0 spiro atoms. The van der Waals surface area contributed by atoms with Gasteiger partial charge in [-0.1, -0.05) is 62.8 Å². The first-order valence-electron chi connectivity index (χ1n) is 13.3. The standard InChI is InChI=1S/C29H45N3O3/c1-21(2)17-23(31-28(34)35-29(3,4)5)13-9-16-27(33)30-24-18-25-14-10-15-26(19-24)32(25)20-22-11-7-6-8-12-22/h6-9,11-13,21,23-26H,10,14-20H2,1-5H3,(H,30,33)(H,31,34)/b13-9+/t23-,24?,25?,26?/m1/s1. The summed E-state index contributed by atoms with van der Waals surface area (Å²) < 4.78 is 5.39. The lowest BCUT2D eigenvalue weighted by Crippen LogP contribution is -2.56. The minimum atomic E-state index is -0.537. The summed E-state index contributed by atoms with van der Waals surface area (Å²) in [5.41, 5.74) is 0.832. The Kier molecular flexibility index (Phi) is 9.79. The third-order valence-electron chi connectivity index (χ3n) is 6.80. The molecule has 2 aliphatic heterocycles. The number of ether oxygens (including phenoxy) is 1. The van der Waals surface area contributed by atoms with Gasteiger partial charge in [-0.2, -0.15) is 0 Å². The van der Waals surface area contributed by atoms with Crippen LogP contribution in [-0.4, -0.2) is 46.7 Å². The highest BCUT2D eigenvalue weighted by molar-refractivity contribution is 5.77. The zero-order valence-corrected chi connectivity index (χ0v) is 22.3.